The Hall–Kier alpha value is -1.72. The lowest BCUT2D eigenvalue weighted by atomic mass is 9.58. The van der Waals surface area contributed by atoms with Crippen molar-refractivity contribution in [3.05, 3.63) is 29.8 Å². The molecule has 0 unspecified atom stereocenters. The fraction of sp³-hybridized carbons (Fsp3) is 0.500. The number of phenolic OH excluding ortho intramolecular Hbond substituents is 1. The van der Waals surface area contributed by atoms with Gasteiger partial charge in [0.15, 0.2) is 17.7 Å². The van der Waals surface area contributed by atoms with E-state index in [1.165, 1.54) is 0 Å². The molecule has 5 atom stereocenters. The molecule has 1 aromatic rings. The summed E-state index contributed by atoms with van der Waals surface area (Å²) in [4.78, 5) is 2.21. The summed E-state index contributed by atoms with van der Waals surface area (Å²) in [5, 5.41) is 20.6. The molecule has 0 aromatic heterocycles. The van der Waals surface area contributed by atoms with E-state index in [0.717, 1.165) is 24.3 Å². The predicted octanol–water partition coefficient (Wildman–Crippen LogP) is 0.992. The maximum absolute atomic E-state index is 10.4. The van der Waals surface area contributed by atoms with Gasteiger partial charge in [0.1, 0.15) is 18.0 Å². The van der Waals surface area contributed by atoms with Gasteiger partial charge in [0, 0.05) is 12.5 Å². The van der Waals surface area contributed by atoms with E-state index in [-0.39, 0.29) is 29.4 Å². The second-order valence-corrected chi connectivity index (χ2v) is 6.51. The lowest BCUT2D eigenvalue weighted by molar-refractivity contribution is -0.111. The Morgan fingerprint density at radius 3 is 3.00 bits per heavy atom. The molecule has 110 valence electrons. The third-order valence-electron chi connectivity index (χ3n) is 5.60. The number of likely N-dealkylation sites (tertiary alicyclic amines) is 1. The molecule has 5 rings (SSSR count). The summed E-state index contributed by atoms with van der Waals surface area (Å²) in [6.45, 7) is 0.885. The second-order valence-electron chi connectivity index (χ2n) is 6.51. The molecule has 1 aliphatic carbocycles. The summed E-state index contributed by atoms with van der Waals surface area (Å²) >= 11 is 0. The first-order valence-corrected chi connectivity index (χ1v) is 7.39. The van der Waals surface area contributed by atoms with E-state index in [0.29, 0.717) is 5.75 Å². The van der Waals surface area contributed by atoms with Gasteiger partial charge in [0.25, 0.3) is 0 Å². The average molecular weight is 287 g/mol. The first-order chi connectivity index (χ1) is 10.1. The van der Waals surface area contributed by atoms with E-state index in [1.54, 1.807) is 12.1 Å². The summed E-state index contributed by atoms with van der Waals surface area (Å²) in [6.07, 6.45) is 3.72. The summed E-state index contributed by atoms with van der Waals surface area (Å²) in [7, 11) is 2.06. The van der Waals surface area contributed by atoms with Crippen LogP contribution in [0.2, 0.25) is 0 Å². The molecule has 4 aliphatic rings. The van der Waals surface area contributed by atoms with Crippen molar-refractivity contribution in [1.29, 1.82) is 0 Å². The van der Waals surface area contributed by atoms with Gasteiger partial charge in [-0.25, -0.2) is 0 Å². The van der Waals surface area contributed by atoms with Crippen molar-refractivity contribution in [1.82, 2.24) is 4.90 Å². The normalized spacial score (nSPS) is 42.2. The fourth-order valence-corrected chi connectivity index (χ4v) is 4.66. The number of hydrogen-bond donors (Lipinski definition) is 2. The Bertz CT molecular complexity index is 672. The molecule has 1 aromatic carbocycles. The van der Waals surface area contributed by atoms with Crippen LogP contribution in [0.5, 0.6) is 17.2 Å². The highest BCUT2D eigenvalue weighted by atomic mass is 16.5. The number of rotatable bonds is 0. The van der Waals surface area contributed by atoms with E-state index in [4.69, 9.17) is 9.47 Å². The van der Waals surface area contributed by atoms with Crippen LogP contribution < -0.4 is 9.47 Å². The number of ether oxygens (including phenoxy) is 2. The molecule has 0 saturated carbocycles. The summed E-state index contributed by atoms with van der Waals surface area (Å²) in [5.74, 6) is 1.54. The molecular weight excluding hydrogens is 270 g/mol. The zero-order valence-electron chi connectivity index (χ0n) is 11.7. The van der Waals surface area contributed by atoms with Gasteiger partial charge in [-0.15, -0.1) is 0 Å². The number of hydrogen-bond acceptors (Lipinski definition) is 5. The van der Waals surface area contributed by atoms with Gasteiger partial charge in [-0.2, -0.15) is 0 Å². The number of aromatic hydroxyl groups is 1. The molecule has 0 radical (unpaired) electrons. The van der Waals surface area contributed by atoms with E-state index in [9.17, 15) is 10.2 Å². The van der Waals surface area contributed by atoms with Crippen LogP contribution >= 0.6 is 0 Å². The minimum Gasteiger partial charge on any atom is -0.504 e. The summed E-state index contributed by atoms with van der Waals surface area (Å²) < 4.78 is 12.2. The first kappa shape index (κ1) is 11.9. The van der Waals surface area contributed by atoms with E-state index in [1.807, 2.05) is 6.07 Å². The number of aliphatic hydroxyl groups excluding tert-OH is 1. The summed E-state index contributed by atoms with van der Waals surface area (Å²) in [5.41, 5.74) is 0.665. The van der Waals surface area contributed by atoms with Crippen LogP contribution in [0.1, 0.15) is 12.0 Å². The number of aliphatic hydroxyl groups is 1. The monoisotopic (exact) mass is 287 g/mol. The molecule has 3 heterocycles. The Morgan fingerprint density at radius 2 is 2.14 bits per heavy atom. The molecule has 2 bridgehead atoms. The van der Waals surface area contributed by atoms with Crippen LogP contribution in [0.3, 0.4) is 0 Å². The maximum atomic E-state index is 10.4. The van der Waals surface area contributed by atoms with Crippen LogP contribution in [0, 0.1) is 5.92 Å². The fourth-order valence-electron chi connectivity index (χ4n) is 4.66. The van der Waals surface area contributed by atoms with Gasteiger partial charge in [0.05, 0.1) is 11.0 Å². The Balaban J connectivity index is 1.84. The number of benzene rings is 1. The SMILES string of the molecule is CN1CC[C@]23c4c5ccc(O)c4O[C@H]2[C@@H](O)C=C[C@H]3[C@H]1O5. The Labute approximate surface area is 122 Å². The van der Waals surface area contributed by atoms with Crippen LogP contribution in [0.15, 0.2) is 24.3 Å². The molecule has 5 heteroatoms. The van der Waals surface area contributed by atoms with Crippen LogP contribution in [-0.2, 0) is 5.41 Å². The third kappa shape index (κ3) is 1.17. The van der Waals surface area contributed by atoms with E-state index >= 15 is 0 Å². The third-order valence-corrected chi connectivity index (χ3v) is 5.60. The van der Waals surface area contributed by atoms with Crippen molar-refractivity contribution in [3.8, 4) is 17.2 Å². The van der Waals surface area contributed by atoms with E-state index < -0.39 is 6.10 Å². The highest BCUT2D eigenvalue weighted by Crippen LogP contribution is 2.63. The number of piperidine rings is 1. The van der Waals surface area contributed by atoms with Crippen molar-refractivity contribution < 1.29 is 19.7 Å². The molecule has 1 fully saturated rings. The highest BCUT2D eigenvalue weighted by molar-refractivity contribution is 5.63. The van der Waals surface area contributed by atoms with Crippen molar-refractivity contribution >= 4 is 0 Å². The smallest absolute Gasteiger partial charge is 0.169 e. The first-order valence-electron chi connectivity index (χ1n) is 7.39. The molecular formula is C16H17NO4. The molecule has 3 aliphatic heterocycles. The van der Waals surface area contributed by atoms with Crippen LogP contribution in [-0.4, -0.2) is 47.1 Å². The van der Waals surface area contributed by atoms with Crippen LogP contribution in [0.4, 0.5) is 0 Å². The van der Waals surface area contributed by atoms with Gasteiger partial charge in [-0.3, -0.25) is 4.90 Å². The average Bonchev–Trinajstić information content (AvgIpc) is 2.83. The highest BCUT2D eigenvalue weighted by Gasteiger charge is 2.65. The standard InChI is InChI=1S/C16H17NO4/c1-17-7-6-16-8-2-3-10(19)14(16)21-13-9(18)4-5-11(12(13)16)20-15(8)17/h2-5,8,10,14-15,18-19H,6-7H2,1H3/t8-,10-,14-,15+,16-/m0/s1. The van der Waals surface area contributed by atoms with Gasteiger partial charge >= 0.3 is 0 Å². The number of nitrogens with zero attached hydrogens (tertiary/aromatic N) is 1. The molecule has 21 heavy (non-hydrogen) atoms. The largest absolute Gasteiger partial charge is 0.504 e. The quantitative estimate of drug-likeness (QED) is 0.697. The van der Waals surface area contributed by atoms with E-state index in [2.05, 4.69) is 18.0 Å². The van der Waals surface area contributed by atoms with Crippen molar-refractivity contribution in [2.75, 3.05) is 13.6 Å². The summed E-state index contributed by atoms with van der Waals surface area (Å²) in [6, 6.07) is 3.42. The zero-order valence-corrected chi connectivity index (χ0v) is 11.7. The zero-order chi connectivity index (χ0) is 14.4. The minimum atomic E-state index is -0.650. The van der Waals surface area contributed by atoms with Gasteiger partial charge < -0.3 is 19.7 Å². The van der Waals surface area contributed by atoms with Crippen molar-refractivity contribution in [2.24, 2.45) is 5.92 Å². The van der Waals surface area contributed by atoms with Crippen LogP contribution in [0.25, 0.3) is 0 Å². The molecule has 1 saturated heterocycles. The maximum Gasteiger partial charge on any atom is 0.169 e. The molecule has 5 nitrogen and oxygen atoms in total. The van der Waals surface area contributed by atoms with Crippen molar-refractivity contribution in [3.63, 3.8) is 0 Å². The molecule has 1 spiro atoms. The Kier molecular flexibility index (Phi) is 2.00. The lowest BCUT2D eigenvalue weighted by Crippen LogP contribution is -2.65. The van der Waals surface area contributed by atoms with Gasteiger partial charge in [-0.1, -0.05) is 12.2 Å². The second kappa shape index (κ2) is 3.54. The van der Waals surface area contributed by atoms with Crippen molar-refractivity contribution in [2.45, 2.75) is 30.3 Å². The number of phenols is 1. The molecule has 2 N–H and O–H groups in total. The lowest BCUT2D eigenvalue weighted by Gasteiger charge is -2.55. The topological polar surface area (TPSA) is 62.2 Å². The van der Waals surface area contributed by atoms with Gasteiger partial charge in [0.2, 0.25) is 0 Å². The molecule has 0 amide bonds. The predicted molar refractivity (Wildman–Crippen MR) is 74.5 cm³/mol. The Morgan fingerprint density at radius 1 is 1.29 bits per heavy atom. The van der Waals surface area contributed by atoms with Gasteiger partial charge in [-0.05, 0) is 25.6 Å². The minimum absolute atomic E-state index is 0.0448.